The number of nitrogens with zero attached hydrogens (tertiary/aromatic N) is 1. The van der Waals surface area contributed by atoms with E-state index in [1.807, 2.05) is 13.8 Å². The predicted octanol–water partition coefficient (Wildman–Crippen LogP) is 2.16. The third kappa shape index (κ3) is 3.10. The zero-order valence-corrected chi connectivity index (χ0v) is 12.1. The van der Waals surface area contributed by atoms with Crippen molar-refractivity contribution in [3.63, 3.8) is 0 Å². The van der Waals surface area contributed by atoms with Gasteiger partial charge in [0.25, 0.3) is 0 Å². The number of aliphatic hydroxyl groups excluding tert-OH is 1. The summed E-state index contributed by atoms with van der Waals surface area (Å²) in [5.41, 5.74) is 0.605. The second-order valence-corrected chi connectivity index (χ2v) is 6.52. The molecule has 102 valence electrons. The van der Waals surface area contributed by atoms with Crippen LogP contribution in [-0.2, 0) is 10.0 Å². The highest BCUT2D eigenvalue weighted by molar-refractivity contribution is 7.89. The molecule has 0 aliphatic heterocycles. The van der Waals surface area contributed by atoms with E-state index in [0.29, 0.717) is 5.56 Å². The molecule has 2 atom stereocenters. The fraction of sp³-hybridized carbons (Fsp3) is 0.538. The molecule has 1 rings (SSSR count). The summed E-state index contributed by atoms with van der Waals surface area (Å²) in [6.07, 6.45) is 0.0836. The molecule has 0 radical (unpaired) electrons. The van der Waals surface area contributed by atoms with Gasteiger partial charge in [-0.15, -0.1) is 0 Å². The van der Waals surface area contributed by atoms with Gasteiger partial charge in [0.2, 0.25) is 10.0 Å². The van der Waals surface area contributed by atoms with E-state index in [0.717, 1.165) is 6.42 Å². The summed E-state index contributed by atoms with van der Waals surface area (Å²) in [6.45, 7) is 5.43. The average Bonchev–Trinajstić information content (AvgIpc) is 2.36. The molecule has 0 saturated heterocycles. The lowest BCUT2D eigenvalue weighted by Gasteiger charge is -2.23. The Balaban J connectivity index is 3.16. The molecule has 0 aliphatic rings. The summed E-state index contributed by atoms with van der Waals surface area (Å²) in [5.74, 6) is 0. The molecule has 0 heterocycles. The average molecular weight is 271 g/mol. The molecule has 1 N–H and O–H groups in total. The van der Waals surface area contributed by atoms with E-state index in [-0.39, 0.29) is 10.9 Å². The van der Waals surface area contributed by atoms with E-state index in [1.54, 1.807) is 32.2 Å². The van der Waals surface area contributed by atoms with E-state index in [4.69, 9.17) is 0 Å². The summed E-state index contributed by atoms with van der Waals surface area (Å²) >= 11 is 0. The van der Waals surface area contributed by atoms with Crippen molar-refractivity contribution in [2.24, 2.45) is 0 Å². The molecular weight excluding hydrogens is 250 g/mol. The molecule has 18 heavy (non-hydrogen) atoms. The third-order valence-corrected chi connectivity index (χ3v) is 5.20. The van der Waals surface area contributed by atoms with Crippen molar-refractivity contribution >= 4 is 10.0 Å². The Labute approximate surface area is 109 Å². The molecule has 0 spiro atoms. The SMILES string of the molecule is CCC(C)N(C)S(=O)(=O)c1cccc(C(C)O)c1. The fourth-order valence-electron chi connectivity index (χ4n) is 1.60. The van der Waals surface area contributed by atoms with Gasteiger partial charge in [0.15, 0.2) is 0 Å². The van der Waals surface area contributed by atoms with E-state index in [9.17, 15) is 13.5 Å². The summed E-state index contributed by atoms with van der Waals surface area (Å²) in [5, 5.41) is 9.50. The van der Waals surface area contributed by atoms with Gasteiger partial charge in [-0.3, -0.25) is 0 Å². The first kappa shape index (κ1) is 15.1. The molecule has 5 heteroatoms. The molecule has 1 aromatic rings. The summed E-state index contributed by atoms with van der Waals surface area (Å²) in [4.78, 5) is 0.226. The molecule has 0 saturated carbocycles. The highest BCUT2D eigenvalue weighted by Crippen LogP contribution is 2.21. The smallest absolute Gasteiger partial charge is 0.243 e. The van der Waals surface area contributed by atoms with E-state index >= 15 is 0 Å². The van der Waals surface area contributed by atoms with Crippen LogP contribution >= 0.6 is 0 Å². The Kier molecular flexibility index (Phi) is 4.90. The zero-order chi connectivity index (χ0) is 13.9. The second kappa shape index (κ2) is 5.82. The van der Waals surface area contributed by atoms with Crippen LogP contribution in [-0.4, -0.2) is 30.9 Å². The molecule has 0 amide bonds. The highest BCUT2D eigenvalue weighted by atomic mass is 32.2. The van der Waals surface area contributed by atoms with Crippen LogP contribution in [0.1, 0.15) is 38.9 Å². The zero-order valence-electron chi connectivity index (χ0n) is 11.3. The van der Waals surface area contributed by atoms with Crippen molar-refractivity contribution in [3.8, 4) is 0 Å². The third-order valence-electron chi connectivity index (χ3n) is 3.23. The fourth-order valence-corrected chi connectivity index (χ4v) is 3.09. The minimum Gasteiger partial charge on any atom is -0.389 e. The lowest BCUT2D eigenvalue weighted by atomic mass is 10.1. The van der Waals surface area contributed by atoms with Crippen molar-refractivity contribution in [3.05, 3.63) is 29.8 Å². The Hall–Kier alpha value is -0.910. The van der Waals surface area contributed by atoms with Crippen molar-refractivity contribution in [1.82, 2.24) is 4.31 Å². The number of hydrogen-bond donors (Lipinski definition) is 1. The minimum atomic E-state index is -3.48. The summed E-state index contributed by atoms with van der Waals surface area (Å²) in [6, 6.07) is 6.40. The normalized spacial score (nSPS) is 15.7. The minimum absolute atomic E-state index is 0.0507. The van der Waals surface area contributed by atoms with Crippen LogP contribution in [0.2, 0.25) is 0 Å². The van der Waals surface area contributed by atoms with Crippen LogP contribution in [0.3, 0.4) is 0 Å². The monoisotopic (exact) mass is 271 g/mol. The van der Waals surface area contributed by atoms with Crippen molar-refractivity contribution < 1.29 is 13.5 Å². The van der Waals surface area contributed by atoms with Gasteiger partial charge < -0.3 is 5.11 Å². The van der Waals surface area contributed by atoms with Gasteiger partial charge in [-0.1, -0.05) is 19.1 Å². The summed E-state index contributed by atoms with van der Waals surface area (Å²) < 4.78 is 26.1. The van der Waals surface area contributed by atoms with E-state index in [1.165, 1.54) is 10.4 Å². The highest BCUT2D eigenvalue weighted by Gasteiger charge is 2.24. The molecule has 0 fully saturated rings. The standard InChI is InChI=1S/C13H21NO3S/c1-5-10(2)14(4)18(16,17)13-8-6-7-12(9-13)11(3)15/h6-11,15H,5H2,1-4H3. The van der Waals surface area contributed by atoms with Crippen LogP contribution in [0.15, 0.2) is 29.2 Å². The predicted molar refractivity (Wildman–Crippen MR) is 71.8 cm³/mol. The van der Waals surface area contributed by atoms with E-state index in [2.05, 4.69) is 0 Å². The van der Waals surface area contributed by atoms with Crippen LogP contribution in [0, 0.1) is 0 Å². The summed E-state index contributed by atoms with van der Waals surface area (Å²) in [7, 11) is -1.90. The second-order valence-electron chi connectivity index (χ2n) is 4.53. The first-order valence-corrected chi connectivity index (χ1v) is 7.50. The quantitative estimate of drug-likeness (QED) is 0.893. The van der Waals surface area contributed by atoms with Crippen LogP contribution in [0.25, 0.3) is 0 Å². The van der Waals surface area contributed by atoms with Crippen molar-refractivity contribution in [2.75, 3.05) is 7.05 Å². The van der Waals surface area contributed by atoms with Gasteiger partial charge in [0.05, 0.1) is 11.0 Å². The Morgan fingerprint density at radius 3 is 2.44 bits per heavy atom. The lowest BCUT2D eigenvalue weighted by Crippen LogP contribution is -2.34. The van der Waals surface area contributed by atoms with Gasteiger partial charge in [-0.25, -0.2) is 8.42 Å². The van der Waals surface area contributed by atoms with E-state index < -0.39 is 16.1 Å². The largest absolute Gasteiger partial charge is 0.389 e. The Morgan fingerprint density at radius 2 is 1.94 bits per heavy atom. The number of sulfonamides is 1. The topological polar surface area (TPSA) is 57.6 Å². The first-order chi connectivity index (χ1) is 8.30. The molecular formula is C13H21NO3S. The van der Waals surface area contributed by atoms with Crippen LogP contribution in [0.4, 0.5) is 0 Å². The van der Waals surface area contributed by atoms with Gasteiger partial charge in [-0.05, 0) is 38.0 Å². The number of hydrogen-bond acceptors (Lipinski definition) is 3. The maximum atomic E-state index is 12.4. The van der Waals surface area contributed by atoms with Crippen molar-refractivity contribution in [1.29, 1.82) is 0 Å². The van der Waals surface area contributed by atoms with Gasteiger partial charge >= 0.3 is 0 Å². The maximum absolute atomic E-state index is 12.4. The van der Waals surface area contributed by atoms with Gasteiger partial charge in [0, 0.05) is 13.1 Å². The lowest BCUT2D eigenvalue weighted by molar-refractivity contribution is 0.199. The molecule has 1 aromatic carbocycles. The Bertz CT molecular complexity index is 497. The molecule has 0 bridgehead atoms. The number of benzene rings is 1. The number of aliphatic hydroxyl groups is 1. The van der Waals surface area contributed by atoms with Crippen LogP contribution in [0.5, 0.6) is 0 Å². The van der Waals surface area contributed by atoms with Gasteiger partial charge in [-0.2, -0.15) is 4.31 Å². The van der Waals surface area contributed by atoms with Crippen molar-refractivity contribution in [2.45, 2.75) is 44.2 Å². The molecule has 0 aliphatic carbocycles. The van der Waals surface area contributed by atoms with Gasteiger partial charge in [0.1, 0.15) is 0 Å². The first-order valence-electron chi connectivity index (χ1n) is 6.06. The number of rotatable bonds is 5. The Morgan fingerprint density at radius 1 is 1.33 bits per heavy atom. The maximum Gasteiger partial charge on any atom is 0.243 e. The molecule has 0 aromatic heterocycles. The van der Waals surface area contributed by atoms with Crippen LogP contribution < -0.4 is 0 Å². The molecule has 2 unspecified atom stereocenters. The molecule has 4 nitrogen and oxygen atoms in total.